The minimum atomic E-state index is -0.433. The van der Waals surface area contributed by atoms with Gasteiger partial charge in [-0.1, -0.05) is 13.3 Å². The lowest BCUT2D eigenvalue weighted by Crippen LogP contribution is -2.44. The lowest BCUT2D eigenvalue weighted by Gasteiger charge is -2.34. The summed E-state index contributed by atoms with van der Waals surface area (Å²) in [4.78, 5) is 7.76. The molecule has 0 saturated carbocycles. The average Bonchev–Trinajstić information content (AvgIpc) is 2.92. The zero-order valence-corrected chi connectivity index (χ0v) is 29.6. The molecule has 0 aliphatic carbocycles. The van der Waals surface area contributed by atoms with Crippen LogP contribution in [-0.2, 0) is 0 Å². The van der Waals surface area contributed by atoms with Gasteiger partial charge >= 0.3 is 0 Å². The highest BCUT2D eigenvalue weighted by Gasteiger charge is 2.19. The minimum Gasteiger partial charge on any atom is -0.395 e. The molecule has 3 unspecified atom stereocenters. The molecule has 278 valence electrons. The molecule has 0 fully saturated rings. The number of aliphatic hydroxyl groups is 10. The van der Waals surface area contributed by atoms with Gasteiger partial charge in [0.1, 0.15) is 0 Å². The average molecular weight is 663 g/mol. The summed E-state index contributed by atoms with van der Waals surface area (Å²) in [6.45, 7) is 20.9. The first-order valence-electron chi connectivity index (χ1n) is 16.4. The molecular formula is C31H74N4O10. The van der Waals surface area contributed by atoms with Crippen molar-refractivity contribution in [2.45, 2.75) is 85.2 Å². The molecule has 0 amide bonds. The van der Waals surface area contributed by atoms with Gasteiger partial charge in [-0.2, -0.15) is 0 Å². The quantitative estimate of drug-likeness (QED) is 0.0565. The third-order valence-corrected chi connectivity index (χ3v) is 6.16. The molecule has 0 aromatic rings. The standard InChI is InChI=1S/C9H21NO3.2C8H19NO2.C6H15NO3/c1-7(11)4-10(5-8(2)12)6-9(3)13;1-8(2,3)9(4-6-10)5-7-11;1-2-3-4-9(5-7-10)6-8-11;8-4-1-7(2-5-9)3-6-10/h7-9,11-13H,4-6H2,1-3H3;10-11H,4-7H2,1-3H3;10-11H,2-8H2,1H3;8-10H,1-6H2. The Kier molecular flexibility index (Phi) is 41.3. The highest BCUT2D eigenvalue weighted by atomic mass is 16.3. The van der Waals surface area contributed by atoms with Crippen LogP contribution in [0.4, 0.5) is 0 Å². The fraction of sp³-hybridized carbons (Fsp3) is 1.00. The summed E-state index contributed by atoms with van der Waals surface area (Å²) in [7, 11) is 0. The van der Waals surface area contributed by atoms with Gasteiger partial charge in [-0.15, -0.1) is 0 Å². The Morgan fingerprint density at radius 3 is 0.911 bits per heavy atom. The zero-order chi connectivity index (χ0) is 35.7. The lowest BCUT2D eigenvalue weighted by molar-refractivity contribution is 0.0530. The van der Waals surface area contributed by atoms with Crippen LogP contribution in [0.15, 0.2) is 0 Å². The van der Waals surface area contributed by atoms with Crippen molar-refractivity contribution in [3.63, 3.8) is 0 Å². The third kappa shape index (κ3) is 41.4. The Morgan fingerprint density at radius 1 is 0.444 bits per heavy atom. The van der Waals surface area contributed by atoms with E-state index < -0.39 is 18.3 Å². The van der Waals surface area contributed by atoms with Gasteiger partial charge in [-0.25, -0.2) is 0 Å². The van der Waals surface area contributed by atoms with Crippen LogP contribution in [0.1, 0.15) is 61.3 Å². The van der Waals surface area contributed by atoms with Crippen molar-refractivity contribution in [3.05, 3.63) is 0 Å². The maximum Gasteiger partial charge on any atom is 0.0639 e. The molecule has 14 nitrogen and oxygen atoms in total. The first-order chi connectivity index (χ1) is 21.1. The summed E-state index contributed by atoms with van der Waals surface area (Å²) in [5.74, 6) is 0. The third-order valence-electron chi connectivity index (χ3n) is 6.16. The SMILES string of the molecule is CC(C)(C)N(CCO)CCO.CC(O)CN(CC(C)O)CC(C)O.CCCCN(CCO)CCO.OCCN(CCO)CCO. The van der Waals surface area contributed by atoms with Crippen molar-refractivity contribution < 1.29 is 51.1 Å². The number of unbranched alkanes of at least 4 members (excludes halogenated alkanes) is 1. The van der Waals surface area contributed by atoms with Gasteiger partial charge in [0.15, 0.2) is 0 Å². The van der Waals surface area contributed by atoms with E-state index in [1.807, 2.05) is 9.80 Å². The van der Waals surface area contributed by atoms with Crippen molar-refractivity contribution in [3.8, 4) is 0 Å². The van der Waals surface area contributed by atoms with E-state index in [1.54, 1.807) is 25.7 Å². The van der Waals surface area contributed by atoms with Crippen molar-refractivity contribution in [2.24, 2.45) is 0 Å². The number of β-amino-alcohol motifs (C(OH)–C–C–N with tert-alkyl or cyclic N) is 2. The van der Waals surface area contributed by atoms with E-state index >= 15 is 0 Å². The molecule has 0 saturated heterocycles. The van der Waals surface area contributed by atoms with E-state index in [2.05, 4.69) is 32.6 Å². The molecule has 0 aliphatic heterocycles. The number of nitrogens with zero attached hydrogens (tertiary/aromatic N) is 4. The highest BCUT2D eigenvalue weighted by molar-refractivity contribution is 4.75. The molecule has 0 aromatic carbocycles. The van der Waals surface area contributed by atoms with Crippen LogP contribution >= 0.6 is 0 Å². The van der Waals surface area contributed by atoms with Gasteiger partial charge in [0.25, 0.3) is 0 Å². The van der Waals surface area contributed by atoms with Crippen LogP contribution in [0.3, 0.4) is 0 Å². The van der Waals surface area contributed by atoms with Crippen LogP contribution in [0.2, 0.25) is 0 Å². The normalized spacial score (nSPS) is 13.5. The van der Waals surface area contributed by atoms with E-state index in [0.29, 0.717) is 65.4 Å². The van der Waals surface area contributed by atoms with E-state index in [0.717, 1.165) is 19.4 Å². The van der Waals surface area contributed by atoms with Crippen LogP contribution in [0.5, 0.6) is 0 Å². The second-order valence-electron chi connectivity index (χ2n) is 12.0. The molecule has 0 aliphatic rings. The first-order valence-corrected chi connectivity index (χ1v) is 16.4. The van der Waals surface area contributed by atoms with Crippen LogP contribution in [0, 0.1) is 0 Å². The fourth-order valence-corrected chi connectivity index (χ4v) is 4.13. The molecule has 14 heteroatoms. The number of aliphatic hydroxyl groups excluding tert-OH is 10. The molecule has 0 heterocycles. The summed E-state index contributed by atoms with van der Waals surface area (Å²) in [5.41, 5.74) is 0.0332. The molecule has 0 rings (SSSR count). The van der Waals surface area contributed by atoms with Crippen molar-refractivity contribution in [1.82, 2.24) is 19.6 Å². The Labute approximate surface area is 274 Å². The predicted molar refractivity (Wildman–Crippen MR) is 180 cm³/mol. The van der Waals surface area contributed by atoms with Gasteiger partial charge in [-0.3, -0.25) is 19.6 Å². The molecule has 3 atom stereocenters. The number of hydrogen-bond acceptors (Lipinski definition) is 14. The van der Waals surface area contributed by atoms with Crippen LogP contribution in [-0.4, -0.2) is 213 Å². The van der Waals surface area contributed by atoms with Gasteiger partial charge in [0.05, 0.1) is 64.6 Å². The second kappa shape index (κ2) is 36.3. The Balaban J connectivity index is -0.000000250. The topological polar surface area (TPSA) is 215 Å². The Morgan fingerprint density at radius 2 is 0.711 bits per heavy atom. The number of hydrogen-bond donors (Lipinski definition) is 10. The molecule has 0 spiro atoms. The minimum absolute atomic E-state index is 0.0332. The van der Waals surface area contributed by atoms with Crippen molar-refractivity contribution in [1.29, 1.82) is 0 Å². The number of rotatable bonds is 23. The van der Waals surface area contributed by atoms with E-state index in [1.165, 1.54) is 0 Å². The predicted octanol–water partition coefficient (Wildman–Crippen LogP) is -2.16. The maximum absolute atomic E-state index is 9.14. The molecule has 0 radical (unpaired) electrons. The van der Waals surface area contributed by atoms with Crippen LogP contribution < -0.4 is 0 Å². The summed E-state index contributed by atoms with van der Waals surface area (Å²) < 4.78 is 0. The second-order valence-corrected chi connectivity index (χ2v) is 12.0. The van der Waals surface area contributed by atoms with Crippen molar-refractivity contribution in [2.75, 3.05) is 118 Å². The van der Waals surface area contributed by atoms with Gasteiger partial charge in [0.2, 0.25) is 0 Å². The molecule has 0 bridgehead atoms. The Bertz CT molecular complexity index is 509. The molecular weight excluding hydrogens is 588 g/mol. The smallest absolute Gasteiger partial charge is 0.0639 e. The molecule has 10 N–H and O–H groups in total. The monoisotopic (exact) mass is 663 g/mol. The summed E-state index contributed by atoms with van der Waals surface area (Å²) in [5, 5.41) is 87.6. The van der Waals surface area contributed by atoms with Gasteiger partial charge in [-0.05, 0) is 54.5 Å². The van der Waals surface area contributed by atoms with E-state index in [-0.39, 0.29) is 51.8 Å². The summed E-state index contributed by atoms with van der Waals surface area (Å²) in [6, 6.07) is 0. The molecule has 0 aromatic heterocycles. The van der Waals surface area contributed by atoms with E-state index in [9.17, 15) is 0 Å². The lowest BCUT2D eigenvalue weighted by atomic mass is 10.1. The highest BCUT2D eigenvalue weighted by Crippen LogP contribution is 2.11. The first kappa shape index (κ1) is 51.3. The fourth-order valence-electron chi connectivity index (χ4n) is 4.13. The van der Waals surface area contributed by atoms with Gasteiger partial charge < -0.3 is 51.1 Å². The van der Waals surface area contributed by atoms with E-state index in [4.69, 9.17) is 51.1 Å². The molecule has 45 heavy (non-hydrogen) atoms. The zero-order valence-electron chi connectivity index (χ0n) is 29.6. The van der Waals surface area contributed by atoms with Crippen LogP contribution in [0.25, 0.3) is 0 Å². The van der Waals surface area contributed by atoms with Crippen molar-refractivity contribution >= 4 is 0 Å². The Hall–Kier alpha value is -0.560. The summed E-state index contributed by atoms with van der Waals surface area (Å²) >= 11 is 0. The maximum atomic E-state index is 9.14. The summed E-state index contributed by atoms with van der Waals surface area (Å²) in [6.07, 6.45) is 1.00. The largest absolute Gasteiger partial charge is 0.395 e. The van der Waals surface area contributed by atoms with Gasteiger partial charge in [0, 0.05) is 71.0 Å².